The number of esters is 1. The Hall–Kier alpha value is -5.90. The number of nitrogens with one attached hydrogen (secondary N) is 1. The molecule has 3 aliphatic rings. The minimum absolute atomic E-state index is 0.0322. The second-order valence-electron chi connectivity index (χ2n) is 16.3. The molecule has 6 rings (SSSR count). The van der Waals surface area contributed by atoms with Crippen LogP contribution in [0.3, 0.4) is 0 Å². The number of hydrogen-bond acceptors (Lipinski definition) is 14. The number of phenols is 3. The van der Waals surface area contributed by atoms with Gasteiger partial charge in [0.1, 0.15) is 30.0 Å². The van der Waals surface area contributed by atoms with Crippen LogP contribution in [0.1, 0.15) is 81.9 Å². The van der Waals surface area contributed by atoms with Crippen LogP contribution in [0.25, 0.3) is 10.8 Å². The number of rotatable bonds is 8. The highest BCUT2D eigenvalue weighted by molar-refractivity contribution is 6.23. The van der Waals surface area contributed by atoms with Crippen molar-refractivity contribution in [2.24, 2.45) is 28.8 Å². The van der Waals surface area contributed by atoms with Crippen LogP contribution in [0.15, 0.2) is 71.6 Å². The van der Waals surface area contributed by atoms with Crippen LogP contribution in [0, 0.1) is 30.6 Å². The number of anilines is 1. The first kappa shape index (κ1) is 47.2. The van der Waals surface area contributed by atoms with Gasteiger partial charge in [0.2, 0.25) is 0 Å². The predicted octanol–water partition coefficient (Wildman–Crippen LogP) is 6.74. The van der Waals surface area contributed by atoms with Crippen LogP contribution in [-0.2, 0) is 35.1 Å². The van der Waals surface area contributed by atoms with E-state index in [2.05, 4.69) is 10.5 Å². The highest BCUT2D eigenvalue weighted by atomic mass is 16.7. The maximum absolute atomic E-state index is 14.4. The van der Waals surface area contributed by atoms with Gasteiger partial charge in [0, 0.05) is 61.2 Å². The van der Waals surface area contributed by atoms with Crippen molar-refractivity contribution < 1.29 is 63.7 Å². The van der Waals surface area contributed by atoms with Crippen molar-refractivity contribution >= 4 is 40.3 Å². The fraction of sp³-hybridized carbons (Fsp3) is 0.447. The lowest BCUT2D eigenvalue weighted by Crippen LogP contribution is -2.46. The molecule has 0 unspecified atom stereocenters. The second-order valence-corrected chi connectivity index (χ2v) is 16.3. The van der Waals surface area contributed by atoms with E-state index in [0.717, 1.165) is 11.8 Å². The molecule has 3 aliphatic heterocycles. The molecule has 3 aromatic rings. The molecule has 0 saturated carbocycles. The van der Waals surface area contributed by atoms with Gasteiger partial charge in [-0.25, -0.2) is 0 Å². The Morgan fingerprint density at radius 2 is 1.63 bits per heavy atom. The number of Topliss-reactive ketones (excluding diaryl/α,β-unsaturated/α-hetero) is 1. The molecular weight excluding hydrogens is 801 g/mol. The number of oxime groups is 1. The first-order valence-electron chi connectivity index (χ1n) is 20.6. The molecule has 0 spiro atoms. The van der Waals surface area contributed by atoms with E-state index in [-0.39, 0.29) is 51.1 Å². The average molecular weight is 859 g/mol. The number of ketones is 1. The lowest BCUT2D eigenvalue weighted by molar-refractivity contribution is -0.160. The SMILES string of the molecule is CO[C@H]1C=CO[C@@]2(C)Oc3c(C)c(O)c4c(O)c(c(/C=N/OCCCc5ccccc5)c(O)c4c3C2=O)NC(=O)/C(C)=C\C=C/[C@H](C)[C@H](O)[C@@H](C)[C@@H](O)[C@@H](C)[C@H](OC(C)=O)[C@@H]1C. The monoisotopic (exact) mass is 858 g/mol. The zero-order chi connectivity index (χ0) is 45.6. The summed E-state index contributed by atoms with van der Waals surface area (Å²) in [6, 6.07) is 9.77. The number of amides is 1. The molecule has 0 aromatic heterocycles. The fourth-order valence-corrected chi connectivity index (χ4v) is 8.00. The maximum Gasteiger partial charge on any atom is 0.312 e. The number of hydrogen-bond donors (Lipinski definition) is 6. The van der Waals surface area contributed by atoms with Gasteiger partial charge in [0.05, 0.1) is 53.0 Å². The Morgan fingerprint density at radius 1 is 0.935 bits per heavy atom. The Labute approximate surface area is 361 Å². The highest BCUT2D eigenvalue weighted by Gasteiger charge is 2.50. The summed E-state index contributed by atoms with van der Waals surface area (Å²) >= 11 is 0. The number of carbonyl (C=O) groups is 3. The van der Waals surface area contributed by atoms with Crippen LogP contribution < -0.4 is 10.1 Å². The Bertz CT molecular complexity index is 2270. The third-order valence-corrected chi connectivity index (χ3v) is 11.8. The van der Waals surface area contributed by atoms with Gasteiger partial charge < -0.3 is 54.6 Å². The smallest absolute Gasteiger partial charge is 0.312 e. The molecule has 0 fully saturated rings. The third-order valence-electron chi connectivity index (χ3n) is 11.8. The number of phenolic OH excluding ortho intramolecular Hbond substituents is 3. The number of aliphatic hydroxyl groups excluding tert-OH is 2. The summed E-state index contributed by atoms with van der Waals surface area (Å²) in [6.45, 7) is 12.6. The number of nitrogens with zero attached hydrogens (tertiary/aromatic N) is 1. The summed E-state index contributed by atoms with van der Waals surface area (Å²) in [4.78, 5) is 46.0. The van der Waals surface area contributed by atoms with E-state index in [0.29, 0.717) is 12.8 Å². The summed E-state index contributed by atoms with van der Waals surface area (Å²) in [5.41, 5.74) is 0.484. The number of benzene rings is 3. The van der Waals surface area contributed by atoms with Crippen LogP contribution >= 0.6 is 0 Å². The van der Waals surface area contributed by atoms with E-state index >= 15 is 0 Å². The molecular formula is C47H58N2O13. The molecule has 6 N–H and O–H groups in total. The third kappa shape index (κ3) is 9.75. The van der Waals surface area contributed by atoms with Gasteiger partial charge in [0.15, 0.2) is 5.75 Å². The Kier molecular flexibility index (Phi) is 15.1. The summed E-state index contributed by atoms with van der Waals surface area (Å²) in [6.07, 6.45) is 5.84. The van der Waals surface area contributed by atoms with E-state index in [9.17, 15) is 39.9 Å². The first-order chi connectivity index (χ1) is 29.3. The van der Waals surface area contributed by atoms with Crippen molar-refractivity contribution in [2.75, 3.05) is 19.0 Å². The topological polar surface area (TPSA) is 223 Å². The standard InChI is InChI=1S/C47H58N2O13/c1-24-15-13-16-25(2)46(57)49-37-32(23-48-60-21-14-19-31-17-11-10-12-18-31)41(54)34-35(42(37)55)40(53)29(6)44-36(34)45(56)47(8,62-44)59-22-20-33(58-9)26(3)43(61-30(7)50)28(5)39(52)27(4)38(24)51/h10-13,15-18,20,22-24,26-28,33,38-39,43,51-55H,14,19,21H2,1-9H3,(H,49,57)/b15-13-,22-20?,25-16-,48-23+/t24-,26+,27+,28+,33-,38-,39+,43+,47-/m0/s1. The molecule has 0 saturated heterocycles. The molecule has 1 amide bonds. The zero-order valence-electron chi connectivity index (χ0n) is 36.5. The highest BCUT2D eigenvalue weighted by Crippen LogP contribution is 2.55. The number of allylic oxidation sites excluding steroid dienone is 2. The van der Waals surface area contributed by atoms with E-state index < -0.39 is 88.8 Å². The van der Waals surface area contributed by atoms with E-state index in [1.165, 1.54) is 53.2 Å². The zero-order valence-corrected chi connectivity index (χ0v) is 36.5. The second kappa shape index (κ2) is 19.9. The van der Waals surface area contributed by atoms with Crippen molar-refractivity contribution in [2.45, 2.75) is 98.4 Å². The number of aryl methyl sites for hydroxylation is 1. The average Bonchev–Trinajstić information content (AvgIpc) is 3.51. The van der Waals surface area contributed by atoms with Crippen LogP contribution in [0.5, 0.6) is 23.0 Å². The van der Waals surface area contributed by atoms with Crippen molar-refractivity contribution in [3.8, 4) is 23.0 Å². The summed E-state index contributed by atoms with van der Waals surface area (Å²) in [7, 11) is 1.43. The van der Waals surface area contributed by atoms with Gasteiger partial charge >= 0.3 is 11.8 Å². The van der Waals surface area contributed by atoms with E-state index in [1.54, 1.807) is 39.8 Å². The Morgan fingerprint density at radius 3 is 2.29 bits per heavy atom. The van der Waals surface area contributed by atoms with Crippen LogP contribution in [0.4, 0.5) is 5.69 Å². The first-order valence-corrected chi connectivity index (χ1v) is 20.6. The van der Waals surface area contributed by atoms with E-state index in [1.807, 2.05) is 30.3 Å². The van der Waals surface area contributed by atoms with Gasteiger partial charge in [-0.2, -0.15) is 0 Å². The number of ether oxygens (including phenoxy) is 4. The molecule has 0 radical (unpaired) electrons. The molecule has 62 heavy (non-hydrogen) atoms. The molecule has 334 valence electrons. The molecule has 3 heterocycles. The quantitative estimate of drug-likeness (QED) is 0.0346. The van der Waals surface area contributed by atoms with Crippen molar-refractivity contribution in [3.63, 3.8) is 0 Å². The molecule has 15 nitrogen and oxygen atoms in total. The lowest BCUT2D eigenvalue weighted by Gasteiger charge is -2.38. The van der Waals surface area contributed by atoms with Crippen molar-refractivity contribution in [1.29, 1.82) is 0 Å². The molecule has 15 heteroatoms. The van der Waals surface area contributed by atoms with Gasteiger partial charge in [-0.1, -0.05) is 81.4 Å². The van der Waals surface area contributed by atoms with Crippen LogP contribution in [-0.4, -0.2) is 93.3 Å². The normalized spacial score (nSPS) is 28.6. The summed E-state index contributed by atoms with van der Waals surface area (Å²) in [5, 5.41) is 64.4. The van der Waals surface area contributed by atoms with Crippen molar-refractivity contribution in [1.82, 2.24) is 0 Å². The minimum Gasteiger partial charge on any atom is -0.507 e. The number of carbonyl (C=O) groups excluding carboxylic acids is 3. The van der Waals surface area contributed by atoms with Gasteiger partial charge in [-0.05, 0) is 38.3 Å². The van der Waals surface area contributed by atoms with Crippen LogP contribution in [0.2, 0.25) is 0 Å². The van der Waals surface area contributed by atoms with Gasteiger partial charge in [-0.3, -0.25) is 14.4 Å². The Balaban J connectivity index is 1.64. The fourth-order valence-electron chi connectivity index (χ4n) is 8.00. The maximum atomic E-state index is 14.4. The summed E-state index contributed by atoms with van der Waals surface area (Å²) < 4.78 is 23.6. The largest absolute Gasteiger partial charge is 0.507 e. The number of aromatic hydroxyl groups is 3. The summed E-state index contributed by atoms with van der Waals surface area (Å²) in [5.74, 6) is -8.67. The number of fused-ring (bicyclic) bond motifs is 14. The van der Waals surface area contributed by atoms with Gasteiger partial charge in [-0.15, -0.1) is 0 Å². The molecule has 0 aliphatic carbocycles. The molecule has 9 atom stereocenters. The minimum atomic E-state index is -2.07. The number of methoxy groups -OCH3 is 1. The van der Waals surface area contributed by atoms with Gasteiger partial charge in [0.25, 0.3) is 11.7 Å². The van der Waals surface area contributed by atoms with Crippen molar-refractivity contribution in [3.05, 3.63) is 88.7 Å². The number of aliphatic hydroxyl groups is 2. The molecule has 5 bridgehead atoms. The van der Waals surface area contributed by atoms with E-state index in [4.69, 9.17) is 23.8 Å². The lowest BCUT2D eigenvalue weighted by atomic mass is 9.78. The predicted molar refractivity (Wildman–Crippen MR) is 232 cm³/mol. The molecule has 3 aromatic carbocycles.